The molecule has 0 unspecified atom stereocenters. The van der Waals surface area contributed by atoms with Crippen molar-refractivity contribution in [3.8, 4) is 17.0 Å². The largest absolute Gasteiger partial charge is 0.493 e. The van der Waals surface area contributed by atoms with Gasteiger partial charge < -0.3 is 10.1 Å². The zero-order valence-electron chi connectivity index (χ0n) is 15.1. The van der Waals surface area contributed by atoms with Gasteiger partial charge in [0.1, 0.15) is 11.6 Å². The third kappa shape index (κ3) is 6.11. The molecule has 1 N–H and O–H groups in total. The number of thioether (sulfide) groups is 1. The normalized spacial score (nSPS) is 10.4. The average molecular weight is 379 g/mol. The second-order valence-corrected chi connectivity index (χ2v) is 6.94. The van der Waals surface area contributed by atoms with Crippen LogP contribution in [0.2, 0.25) is 0 Å². The molecular weight excluding hydrogens is 358 g/mol. The van der Waals surface area contributed by atoms with Gasteiger partial charge in [-0.05, 0) is 37.3 Å². The lowest BCUT2D eigenvalue weighted by Crippen LogP contribution is -2.15. The number of benzene rings is 2. The monoisotopic (exact) mass is 379 g/mol. The molecule has 1 aromatic heterocycles. The van der Waals surface area contributed by atoms with Gasteiger partial charge in [-0.1, -0.05) is 30.3 Å². The highest BCUT2D eigenvalue weighted by atomic mass is 32.2. The van der Waals surface area contributed by atoms with Crippen molar-refractivity contribution in [2.45, 2.75) is 6.92 Å². The van der Waals surface area contributed by atoms with E-state index in [9.17, 15) is 4.79 Å². The van der Waals surface area contributed by atoms with Crippen LogP contribution in [0.15, 0.2) is 66.9 Å². The number of nitrogens with one attached hydrogen (secondary N) is 1. The number of carbonyl (C=O) groups is 1. The Bertz CT molecular complexity index is 887. The lowest BCUT2D eigenvalue weighted by Gasteiger charge is -2.08. The van der Waals surface area contributed by atoms with E-state index in [4.69, 9.17) is 4.74 Å². The molecule has 0 aliphatic rings. The minimum atomic E-state index is -0.0317. The number of ether oxygens (including phenoxy) is 1. The summed E-state index contributed by atoms with van der Waals surface area (Å²) in [6.45, 7) is 2.43. The molecule has 5 nitrogen and oxygen atoms in total. The molecular formula is C21H21N3O2S. The Balaban J connectivity index is 1.45. The van der Waals surface area contributed by atoms with Crippen LogP contribution >= 0.6 is 11.8 Å². The first-order valence-electron chi connectivity index (χ1n) is 8.66. The van der Waals surface area contributed by atoms with E-state index in [1.807, 2.05) is 67.6 Å². The molecule has 0 fully saturated rings. The number of rotatable bonds is 8. The molecule has 1 amide bonds. The lowest BCUT2D eigenvalue weighted by molar-refractivity contribution is -0.113. The molecule has 0 saturated heterocycles. The van der Waals surface area contributed by atoms with Crippen molar-refractivity contribution in [1.29, 1.82) is 0 Å². The Morgan fingerprint density at radius 2 is 1.96 bits per heavy atom. The van der Waals surface area contributed by atoms with E-state index in [-0.39, 0.29) is 5.91 Å². The van der Waals surface area contributed by atoms with Gasteiger partial charge in [-0.15, -0.1) is 11.8 Å². The highest BCUT2D eigenvalue weighted by molar-refractivity contribution is 7.99. The Labute approximate surface area is 163 Å². The van der Waals surface area contributed by atoms with Crippen molar-refractivity contribution in [1.82, 2.24) is 9.97 Å². The zero-order chi connectivity index (χ0) is 18.9. The number of amides is 1. The Morgan fingerprint density at radius 1 is 1.11 bits per heavy atom. The summed E-state index contributed by atoms with van der Waals surface area (Å²) in [5.74, 6) is 2.67. The summed E-state index contributed by atoms with van der Waals surface area (Å²) in [6, 6.07) is 19.2. The predicted molar refractivity (Wildman–Crippen MR) is 110 cm³/mol. The first-order valence-corrected chi connectivity index (χ1v) is 9.82. The smallest absolute Gasteiger partial charge is 0.234 e. The maximum absolute atomic E-state index is 12.1. The van der Waals surface area contributed by atoms with Gasteiger partial charge in [-0.3, -0.25) is 4.79 Å². The third-order valence-electron chi connectivity index (χ3n) is 3.69. The van der Waals surface area contributed by atoms with Crippen molar-refractivity contribution in [2.24, 2.45) is 0 Å². The molecule has 2 aromatic carbocycles. The fraction of sp³-hybridized carbons (Fsp3) is 0.190. The molecule has 27 heavy (non-hydrogen) atoms. The van der Waals surface area contributed by atoms with Crippen molar-refractivity contribution in [3.05, 3.63) is 72.7 Å². The van der Waals surface area contributed by atoms with Gasteiger partial charge in [0.05, 0.1) is 18.1 Å². The summed E-state index contributed by atoms with van der Waals surface area (Å²) in [5, 5.41) is 2.93. The van der Waals surface area contributed by atoms with Gasteiger partial charge in [-0.25, -0.2) is 9.97 Å². The van der Waals surface area contributed by atoms with E-state index < -0.39 is 0 Å². The van der Waals surface area contributed by atoms with Crippen LogP contribution in [0.5, 0.6) is 5.75 Å². The fourth-order valence-electron chi connectivity index (χ4n) is 2.47. The van der Waals surface area contributed by atoms with Gasteiger partial charge in [0.15, 0.2) is 0 Å². The lowest BCUT2D eigenvalue weighted by atomic mass is 10.1. The molecule has 0 aliphatic carbocycles. The van der Waals surface area contributed by atoms with Crippen molar-refractivity contribution < 1.29 is 9.53 Å². The van der Waals surface area contributed by atoms with E-state index in [0.29, 0.717) is 12.4 Å². The summed E-state index contributed by atoms with van der Waals surface area (Å²) in [4.78, 5) is 20.7. The highest BCUT2D eigenvalue weighted by Gasteiger charge is 2.05. The Kier molecular flexibility index (Phi) is 6.82. The fourth-order valence-corrected chi connectivity index (χ4v) is 3.07. The maximum atomic E-state index is 12.1. The molecule has 0 aliphatic heterocycles. The molecule has 0 saturated carbocycles. The maximum Gasteiger partial charge on any atom is 0.234 e. The van der Waals surface area contributed by atoms with Crippen LogP contribution in [-0.4, -0.2) is 34.0 Å². The minimum absolute atomic E-state index is 0.0317. The van der Waals surface area contributed by atoms with Crippen LogP contribution in [-0.2, 0) is 4.79 Å². The van der Waals surface area contributed by atoms with Crippen molar-refractivity contribution in [3.63, 3.8) is 0 Å². The molecule has 3 rings (SSSR count). The van der Waals surface area contributed by atoms with Crippen LogP contribution in [0.3, 0.4) is 0 Å². The number of aryl methyl sites for hydroxylation is 1. The molecule has 3 aromatic rings. The number of hydrogen-bond acceptors (Lipinski definition) is 5. The van der Waals surface area contributed by atoms with Crippen LogP contribution in [0, 0.1) is 6.92 Å². The standard InChI is InChI=1S/C21H21N3O2S/c1-16-22-11-10-20(23-16)17-6-5-7-18(14-17)24-21(25)15-27-13-12-26-19-8-3-2-4-9-19/h2-11,14H,12-13,15H2,1H3,(H,24,25). The van der Waals surface area contributed by atoms with Crippen LogP contribution in [0.4, 0.5) is 5.69 Å². The summed E-state index contributed by atoms with van der Waals surface area (Å²) < 4.78 is 5.62. The molecule has 6 heteroatoms. The first kappa shape index (κ1) is 18.9. The van der Waals surface area contributed by atoms with Crippen molar-refractivity contribution in [2.75, 3.05) is 23.4 Å². The first-order chi connectivity index (χ1) is 13.2. The average Bonchev–Trinajstić information content (AvgIpc) is 2.69. The number of nitrogens with zero attached hydrogens (tertiary/aromatic N) is 2. The molecule has 0 radical (unpaired) electrons. The number of anilines is 1. The molecule has 0 bridgehead atoms. The van der Waals surface area contributed by atoms with Gasteiger partial charge >= 0.3 is 0 Å². The van der Waals surface area contributed by atoms with Gasteiger partial charge in [0, 0.05) is 23.2 Å². The predicted octanol–water partition coefficient (Wildman–Crippen LogP) is 4.20. The van der Waals surface area contributed by atoms with E-state index in [2.05, 4.69) is 15.3 Å². The second kappa shape index (κ2) is 9.73. The quantitative estimate of drug-likeness (QED) is 0.594. The summed E-state index contributed by atoms with van der Waals surface area (Å²) in [6.07, 6.45) is 1.73. The van der Waals surface area contributed by atoms with E-state index in [1.54, 1.807) is 18.0 Å². The summed E-state index contributed by atoms with van der Waals surface area (Å²) in [5.41, 5.74) is 2.54. The third-order valence-corrected chi connectivity index (χ3v) is 4.61. The molecule has 0 atom stereocenters. The SMILES string of the molecule is Cc1nccc(-c2cccc(NC(=O)CSCCOc3ccccc3)c2)n1. The topological polar surface area (TPSA) is 64.1 Å². The highest BCUT2D eigenvalue weighted by Crippen LogP contribution is 2.21. The van der Waals surface area contributed by atoms with Crippen LogP contribution in [0.1, 0.15) is 5.82 Å². The summed E-state index contributed by atoms with van der Waals surface area (Å²) >= 11 is 1.54. The van der Waals surface area contributed by atoms with Gasteiger partial charge in [0.25, 0.3) is 0 Å². The van der Waals surface area contributed by atoms with Gasteiger partial charge in [0.2, 0.25) is 5.91 Å². The summed E-state index contributed by atoms with van der Waals surface area (Å²) in [7, 11) is 0. The Morgan fingerprint density at radius 3 is 2.78 bits per heavy atom. The van der Waals surface area contributed by atoms with E-state index >= 15 is 0 Å². The number of aromatic nitrogens is 2. The van der Waals surface area contributed by atoms with Crippen LogP contribution < -0.4 is 10.1 Å². The van der Waals surface area contributed by atoms with Crippen LogP contribution in [0.25, 0.3) is 11.3 Å². The van der Waals surface area contributed by atoms with E-state index in [1.165, 1.54) is 0 Å². The molecule has 138 valence electrons. The molecule has 1 heterocycles. The Hall–Kier alpha value is -2.86. The van der Waals surface area contributed by atoms with E-state index in [0.717, 1.165) is 34.3 Å². The number of hydrogen-bond donors (Lipinski definition) is 1. The zero-order valence-corrected chi connectivity index (χ0v) is 15.9. The minimum Gasteiger partial charge on any atom is -0.493 e. The van der Waals surface area contributed by atoms with Gasteiger partial charge in [-0.2, -0.15) is 0 Å². The number of para-hydroxylation sites is 1. The molecule has 0 spiro atoms. The second-order valence-electron chi connectivity index (χ2n) is 5.83. The van der Waals surface area contributed by atoms with Crippen molar-refractivity contribution >= 4 is 23.4 Å². The number of carbonyl (C=O) groups excluding carboxylic acids is 1.